The molecule has 0 aliphatic carbocycles. The van der Waals surface area contributed by atoms with E-state index in [0.717, 1.165) is 4.90 Å². The molecule has 1 aromatic carbocycles. The van der Waals surface area contributed by atoms with E-state index in [1.54, 1.807) is 12.1 Å². The molecule has 4 rings (SSSR count). The number of benzene rings is 1. The van der Waals surface area contributed by atoms with E-state index in [1.807, 2.05) is 0 Å². The third-order valence-electron chi connectivity index (χ3n) is 3.86. The molecular weight excluding hydrogens is 344 g/mol. The van der Waals surface area contributed by atoms with Crippen molar-refractivity contribution in [3.8, 4) is 17.2 Å². The molecule has 3 heterocycles. The summed E-state index contributed by atoms with van der Waals surface area (Å²) in [5.41, 5.74) is 1.05. The molecule has 0 spiro atoms. The highest BCUT2D eigenvalue weighted by Crippen LogP contribution is 2.37. The number of fused-ring (bicyclic) bond motifs is 1. The first-order chi connectivity index (χ1) is 12.7. The fraction of sp³-hybridized carbons (Fsp3) is 0.267. The van der Waals surface area contributed by atoms with Gasteiger partial charge in [0.05, 0.1) is 24.5 Å². The number of aromatic nitrogens is 4. The molecular formula is C15H14N6O5. The molecule has 1 aromatic heterocycles. The normalized spacial score (nSPS) is 16.0. The van der Waals surface area contributed by atoms with E-state index in [-0.39, 0.29) is 18.8 Å². The number of hydrogen-bond acceptors (Lipinski definition) is 9. The number of nitrogens with zero attached hydrogens (tertiary/aromatic N) is 5. The zero-order valence-electron chi connectivity index (χ0n) is 13.5. The number of amides is 2. The smallest absolute Gasteiger partial charge is 0.277 e. The molecule has 0 fully saturated rings. The summed E-state index contributed by atoms with van der Waals surface area (Å²) in [5, 5.41) is 23.0. The zero-order valence-corrected chi connectivity index (χ0v) is 13.5. The monoisotopic (exact) mass is 358 g/mol. The van der Waals surface area contributed by atoms with Gasteiger partial charge >= 0.3 is 0 Å². The Balaban J connectivity index is 1.71. The Labute approximate surface area is 146 Å². The van der Waals surface area contributed by atoms with Crippen molar-refractivity contribution in [2.24, 2.45) is 0 Å². The number of tetrazole rings is 1. The summed E-state index contributed by atoms with van der Waals surface area (Å²) in [5.74, 6) is 0.00634. The molecule has 11 heteroatoms. The maximum atomic E-state index is 12.4. The predicted molar refractivity (Wildman–Crippen MR) is 85.7 cm³/mol. The summed E-state index contributed by atoms with van der Waals surface area (Å²) < 4.78 is 12.5. The molecule has 0 unspecified atom stereocenters. The summed E-state index contributed by atoms with van der Waals surface area (Å²) in [4.78, 5) is 25.2. The Bertz CT molecular complexity index is 894. The van der Waals surface area contributed by atoms with Crippen LogP contribution in [0.15, 0.2) is 30.2 Å². The fourth-order valence-electron chi connectivity index (χ4n) is 2.69. The van der Waals surface area contributed by atoms with Crippen LogP contribution in [0.4, 0.5) is 5.69 Å². The first-order valence-electron chi connectivity index (χ1n) is 7.80. The molecule has 0 bridgehead atoms. The van der Waals surface area contributed by atoms with E-state index in [9.17, 15) is 9.59 Å². The van der Waals surface area contributed by atoms with Crippen LogP contribution in [0, 0.1) is 0 Å². The quantitative estimate of drug-likeness (QED) is 0.652. The van der Waals surface area contributed by atoms with Crippen molar-refractivity contribution in [2.75, 3.05) is 31.7 Å². The van der Waals surface area contributed by atoms with Gasteiger partial charge in [0.2, 0.25) is 0 Å². The van der Waals surface area contributed by atoms with Crippen molar-refractivity contribution in [1.29, 1.82) is 0 Å². The first-order valence-corrected chi connectivity index (χ1v) is 7.80. The van der Waals surface area contributed by atoms with Crippen LogP contribution in [0.2, 0.25) is 0 Å². The van der Waals surface area contributed by atoms with Crippen LogP contribution >= 0.6 is 0 Å². The minimum absolute atomic E-state index is 0.0691. The molecule has 26 heavy (non-hydrogen) atoms. The van der Waals surface area contributed by atoms with E-state index < -0.39 is 11.8 Å². The zero-order chi connectivity index (χ0) is 18.1. The maximum absolute atomic E-state index is 12.4. The van der Waals surface area contributed by atoms with Gasteiger partial charge in [0.25, 0.3) is 11.8 Å². The first kappa shape index (κ1) is 16.0. The van der Waals surface area contributed by atoms with Crippen LogP contribution in [-0.4, -0.2) is 68.4 Å². The van der Waals surface area contributed by atoms with Crippen molar-refractivity contribution < 1.29 is 24.2 Å². The Morgan fingerprint density at radius 3 is 2.65 bits per heavy atom. The SMILES string of the molecule is O=C1C=C(Nc2cc3c(cc2-n2cnnn2)OCCO3)C(=O)N1CCO. The number of nitrogens with one attached hydrogen (secondary N) is 1. The molecule has 134 valence electrons. The lowest BCUT2D eigenvalue weighted by Crippen LogP contribution is -2.34. The van der Waals surface area contributed by atoms with E-state index in [4.69, 9.17) is 14.6 Å². The number of carbonyl (C=O) groups is 2. The number of carbonyl (C=O) groups excluding carboxylic acids is 2. The fourth-order valence-corrected chi connectivity index (χ4v) is 2.69. The van der Waals surface area contributed by atoms with Gasteiger partial charge in [-0.3, -0.25) is 14.5 Å². The summed E-state index contributed by atoms with van der Waals surface area (Å²) >= 11 is 0. The summed E-state index contributed by atoms with van der Waals surface area (Å²) in [7, 11) is 0. The van der Waals surface area contributed by atoms with Gasteiger partial charge in [0.15, 0.2) is 11.5 Å². The number of imide groups is 1. The van der Waals surface area contributed by atoms with Crippen molar-refractivity contribution in [1.82, 2.24) is 25.1 Å². The van der Waals surface area contributed by atoms with Gasteiger partial charge in [-0.15, -0.1) is 5.10 Å². The lowest BCUT2D eigenvalue weighted by Gasteiger charge is -2.21. The maximum Gasteiger partial charge on any atom is 0.277 e. The van der Waals surface area contributed by atoms with Crippen LogP contribution in [0.1, 0.15) is 0 Å². The molecule has 2 amide bonds. The van der Waals surface area contributed by atoms with Gasteiger partial charge in [0.1, 0.15) is 25.2 Å². The number of aliphatic hydroxyl groups excluding tert-OH is 1. The Hall–Kier alpha value is -3.47. The Kier molecular flexibility index (Phi) is 3.97. The Morgan fingerprint density at radius 2 is 1.96 bits per heavy atom. The van der Waals surface area contributed by atoms with Crippen molar-refractivity contribution in [3.63, 3.8) is 0 Å². The average molecular weight is 358 g/mol. The van der Waals surface area contributed by atoms with Crippen LogP contribution in [-0.2, 0) is 9.59 Å². The molecule has 11 nitrogen and oxygen atoms in total. The van der Waals surface area contributed by atoms with Gasteiger partial charge in [-0.2, -0.15) is 4.68 Å². The van der Waals surface area contributed by atoms with Crippen molar-refractivity contribution in [2.45, 2.75) is 0 Å². The van der Waals surface area contributed by atoms with E-state index in [2.05, 4.69) is 20.8 Å². The van der Waals surface area contributed by atoms with Crippen LogP contribution in [0.5, 0.6) is 11.5 Å². The average Bonchev–Trinajstić information content (AvgIpc) is 3.26. The summed E-state index contributed by atoms with van der Waals surface area (Å²) in [6.45, 7) is 0.447. The molecule has 2 aromatic rings. The molecule has 0 saturated carbocycles. The van der Waals surface area contributed by atoms with Gasteiger partial charge in [-0.25, -0.2) is 0 Å². The highest BCUT2D eigenvalue weighted by atomic mass is 16.6. The molecule has 2 N–H and O–H groups in total. The molecule has 0 saturated heterocycles. The minimum atomic E-state index is -0.526. The number of β-amino-alcohol motifs (C(OH)–C–C–N with tert-alkyl or cyclic N) is 1. The van der Waals surface area contributed by atoms with E-state index in [1.165, 1.54) is 17.1 Å². The number of aliphatic hydroxyl groups is 1. The highest BCUT2D eigenvalue weighted by molar-refractivity contribution is 6.17. The topological polar surface area (TPSA) is 132 Å². The van der Waals surface area contributed by atoms with E-state index >= 15 is 0 Å². The number of ether oxygens (including phenoxy) is 2. The third kappa shape index (κ3) is 2.73. The van der Waals surface area contributed by atoms with Gasteiger partial charge in [-0.05, 0) is 10.4 Å². The Morgan fingerprint density at radius 1 is 1.19 bits per heavy atom. The van der Waals surface area contributed by atoms with Crippen molar-refractivity contribution >= 4 is 17.5 Å². The lowest BCUT2D eigenvalue weighted by atomic mass is 10.2. The molecule has 2 aliphatic rings. The molecule has 2 aliphatic heterocycles. The predicted octanol–water partition coefficient (Wildman–Crippen LogP) is -0.910. The highest BCUT2D eigenvalue weighted by Gasteiger charge is 2.31. The second kappa shape index (κ2) is 6.44. The molecule has 0 atom stereocenters. The second-order valence-corrected chi connectivity index (χ2v) is 5.47. The number of anilines is 1. The number of hydrogen-bond donors (Lipinski definition) is 2. The van der Waals surface area contributed by atoms with Crippen LogP contribution in [0.25, 0.3) is 5.69 Å². The van der Waals surface area contributed by atoms with Crippen molar-refractivity contribution in [3.05, 3.63) is 30.2 Å². The number of rotatable bonds is 5. The molecule has 0 radical (unpaired) electrons. The van der Waals surface area contributed by atoms with Gasteiger partial charge in [-0.1, -0.05) is 0 Å². The van der Waals surface area contributed by atoms with Gasteiger partial charge in [0, 0.05) is 18.2 Å². The summed E-state index contributed by atoms with van der Waals surface area (Å²) in [6.07, 6.45) is 2.57. The minimum Gasteiger partial charge on any atom is -0.486 e. The van der Waals surface area contributed by atoms with Crippen LogP contribution in [0.3, 0.4) is 0 Å². The standard InChI is InChI=1S/C15H14N6O5/c22-2-1-20-14(23)6-10(15(20)24)17-9-5-12-13(26-4-3-25-12)7-11(9)21-8-16-18-19-21/h5-8,17,22H,1-4H2. The van der Waals surface area contributed by atoms with Gasteiger partial charge < -0.3 is 19.9 Å². The third-order valence-corrected chi connectivity index (χ3v) is 3.86. The lowest BCUT2D eigenvalue weighted by molar-refractivity contribution is -0.137. The largest absolute Gasteiger partial charge is 0.486 e. The van der Waals surface area contributed by atoms with Crippen LogP contribution < -0.4 is 14.8 Å². The second-order valence-electron chi connectivity index (χ2n) is 5.47. The summed E-state index contributed by atoms with van der Waals surface area (Å²) in [6, 6.07) is 3.33. The van der Waals surface area contributed by atoms with E-state index in [0.29, 0.717) is 36.1 Å².